The summed E-state index contributed by atoms with van der Waals surface area (Å²) in [5.41, 5.74) is 0. The van der Waals surface area contributed by atoms with Crippen LogP contribution in [0.1, 0.15) is 12.2 Å². The molecule has 0 bridgehead atoms. The standard InChI is InChI=1S/C12H19N3/c1-3-9-15(10-4-2)11-5-6-12-13-7-8-14-12/h3-4,7-8H,1-2,5-6,9-11H2,(H,13,14). The molecule has 1 heterocycles. The minimum atomic E-state index is 0.921. The van der Waals surface area contributed by atoms with Crippen molar-refractivity contribution in [3.8, 4) is 0 Å². The Kier molecular flexibility index (Phi) is 5.48. The minimum Gasteiger partial charge on any atom is -0.349 e. The molecule has 15 heavy (non-hydrogen) atoms. The maximum absolute atomic E-state index is 4.19. The average molecular weight is 205 g/mol. The molecule has 1 rings (SSSR count). The normalized spacial score (nSPS) is 10.5. The van der Waals surface area contributed by atoms with E-state index in [1.165, 1.54) is 0 Å². The van der Waals surface area contributed by atoms with Crippen molar-refractivity contribution in [2.45, 2.75) is 12.8 Å². The van der Waals surface area contributed by atoms with Crippen molar-refractivity contribution in [3.63, 3.8) is 0 Å². The molecule has 82 valence electrons. The van der Waals surface area contributed by atoms with Crippen molar-refractivity contribution in [1.29, 1.82) is 0 Å². The zero-order chi connectivity index (χ0) is 10.9. The summed E-state index contributed by atoms with van der Waals surface area (Å²) in [6.07, 6.45) is 9.61. The first kappa shape index (κ1) is 11.7. The van der Waals surface area contributed by atoms with Gasteiger partial charge in [0.05, 0.1) is 0 Å². The van der Waals surface area contributed by atoms with Crippen LogP contribution in [0.3, 0.4) is 0 Å². The van der Waals surface area contributed by atoms with E-state index in [0.717, 1.165) is 38.3 Å². The van der Waals surface area contributed by atoms with Crippen LogP contribution in [-0.2, 0) is 6.42 Å². The molecule has 0 aliphatic rings. The number of aromatic nitrogens is 2. The minimum absolute atomic E-state index is 0.921. The van der Waals surface area contributed by atoms with Crippen LogP contribution in [0.2, 0.25) is 0 Å². The van der Waals surface area contributed by atoms with Gasteiger partial charge in [-0.2, -0.15) is 0 Å². The SMILES string of the molecule is C=CCN(CC=C)CCCc1ncc[nH]1. The Balaban J connectivity index is 2.21. The molecule has 0 aromatic carbocycles. The highest BCUT2D eigenvalue weighted by Crippen LogP contribution is 1.98. The Labute approximate surface area is 91.5 Å². The van der Waals surface area contributed by atoms with Gasteiger partial charge in [0.2, 0.25) is 0 Å². The van der Waals surface area contributed by atoms with E-state index in [9.17, 15) is 0 Å². The molecule has 0 saturated carbocycles. The molecule has 0 unspecified atom stereocenters. The van der Waals surface area contributed by atoms with Crippen LogP contribution in [0.5, 0.6) is 0 Å². The van der Waals surface area contributed by atoms with E-state index in [-0.39, 0.29) is 0 Å². The van der Waals surface area contributed by atoms with E-state index in [1.807, 2.05) is 18.3 Å². The van der Waals surface area contributed by atoms with Crippen LogP contribution >= 0.6 is 0 Å². The fraction of sp³-hybridized carbons (Fsp3) is 0.417. The summed E-state index contributed by atoms with van der Waals surface area (Å²) in [6.45, 7) is 10.4. The summed E-state index contributed by atoms with van der Waals surface area (Å²) >= 11 is 0. The molecule has 0 aliphatic heterocycles. The van der Waals surface area contributed by atoms with Gasteiger partial charge in [-0.3, -0.25) is 4.90 Å². The summed E-state index contributed by atoms with van der Waals surface area (Å²) in [5, 5.41) is 0. The average Bonchev–Trinajstić information content (AvgIpc) is 2.71. The Bertz CT molecular complexity index is 267. The molecule has 0 saturated heterocycles. The van der Waals surface area contributed by atoms with Gasteiger partial charge in [-0.15, -0.1) is 13.2 Å². The molecular formula is C12H19N3. The van der Waals surface area contributed by atoms with Crippen LogP contribution in [-0.4, -0.2) is 34.5 Å². The molecule has 0 aliphatic carbocycles. The molecule has 1 aromatic rings. The summed E-state index contributed by atoms with van der Waals surface area (Å²) in [5.74, 6) is 1.06. The van der Waals surface area contributed by atoms with Crippen molar-refractivity contribution in [1.82, 2.24) is 14.9 Å². The molecule has 1 N–H and O–H groups in total. The number of hydrogen-bond acceptors (Lipinski definition) is 2. The second kappa shape index (κ2) is 7.01. The molecule has 0 fully saturated rings. The van der Waals surface area contributed by atoms with Crippen LogP contribution in [0.25, 0.3) is 0 Å². The third-order valence-corrected chi connectivity index (χ3v) is 2.22. The van der Waals surface area contributed by atoms with E-state index in [0.29, 0.717) is 0 Å². The highest BCUT2D eigenvalue weighted by Gasteiger charge is 2.01. The van der Waals surface area contributed by atoms with Crippen LogP contribution < -0.4 is 0 Å². The Morgan fingerprint density at radius 3 is 2.60 bits per heavy atom. The first-order valence-electron chi connectivity index (χ1n) is 5.29. The maximum atomic E-state index is 4.19. The Hall–Kier alpha value is -1.35. The van der Waals surface area contributed by atoms with Gasteiger partial charge in [-0.05, 0) is 13.0 Å². The number of aryl methyl sites for hydroxylation is 1. The highest BCUT2D eigenvalue weighted by molar-refractivity contribution is 4.87. The zero-order valence-corrected chi connectivity index (χ0v) is 9.15. The van der Waals surface area contributed by atoms with E-state index >= 15 is 0 Å². The van der Waals surface area contributed by atoms with Gasteiger partial charge in [0.15, 0.2) is 0 Å². The van der Waals surface area contributed by atoms with Crippen molar-refractivity contribution in [2.75, 3.05) is 19.6 Å². The van der Waals surface area contributed by atoms with Crippen LogP contribution in [0.4, 0.5) is 0 Å². The van der Waals surface area contributed by atoms with Gasteiger partial charge < -0.3 is 4.98 Å². The predicted octanol–water partition coefficient (Wildman–Crippen LogP) is 2.02. The Morgan fingerprint density at radius 2 is 2.07 bits per heavy atom. The highest BCUT2D eigenvalue weighted by atomic mass is 15.1. The van der Waals surface area contributed by atoms with E-state index in [1.54, 1.807) is 6.20 Å². The molecule has 3 heteroatoms. The molecule has 1 aromatic heterocycles. The van der Waals surface area contributed by atoms with E-state index in [4.69, 9.17) is 0 Å². The number of rotatable bonds is 8. The van der Waals surface area contributed by atoms with Crippen molar-refractivity contribution < 1.29 is 0 Å². The summed E-state index contributed by atoms with van der Waals surface area (Å²) in [4.78, 5) is 9.60. The lowest BCUT2D eigenvalue weighted by Crippen LogP contribution is -2.25. The topological polar surface area (TPSA) is 31.9 Å². The van der Waals surface area contributed by atoms with Crippen molar-refractivity contribution in [2.24, 2.45) is 0 Å². The van der Waals surface area contributed by atoms with Gasteiger partial charge in [-0.25, -0.2) is 4.98 Å². The lowest BCUT2D eigenvalue weighted by Gasteiger charge is -2.17. The van der Waals surface area contributed by atoms with Crippen LogP contribution in [0.15, 0.2) is 37.7 Å². The number of hydrogen-bond donors (Lipinski definition) is 1. The fourth-order valence-corrected chi connectivity index (χ4v) is 1.53. The monoisotopic (exact) mass is 205 g/mol. The van der Waals surface area contributed by atoms with E-state index < -0.39 is 0 Å². The number of H-pyrrole nitrogens is 1. The fourth-order valence-electron chi connectivity index (χ4n) is 1.53. The van der Waals surface area contributed by atoms with Crippen molar-refractivity contribution >= 4 is 0 Å². The quantitative estimate of drug-likeness (QED) is 0.658. The molecule has 0 spiro atoms. The number of imidazole rings is 1. The summed E-state index contributed by atoms with van der Waals surface area (Å²) in [6, 6.07) is 0. The zero-order valence-electron chi connectivity index (χ0n) is 9.15. The van der Waals surface area contributed by atoms with Gasteiger partial charge in [0, 0.05) is 31.9 Å². The third-order valence-electron chi connectivity index (χ3n) is 2.22. The molecule has 0 atom stereocenters. The molecule has 0 radical (unpaired) electrons. The second-order valence-corrected chi connectivity index (χ2v) is 3.48. The number of aromatic amines is 1. The second-order valence-electron chi connectivity index (χ2n) is 3.48. The smallest absolute Gasteiger partial charge is 0.106 e. The lowest BCUT2D eigenvalue weighted by atomic mass is 10.2. The first-order valence-corrected chi connectivity index (χ1v) is 5.29. The molecular weight excluding hydrogens is 186 g/mol. The number of nitrogens with one attached hydrogen (secondary N) is 1. The lowest BCUT2D eigenvalue weighted by molar-refractivity contribution is 0.329. The summed E-state index contributed by atoms with van der Waals surface area (Å²) in [7, 11) is 0. The largest absolute Gasteiger partial charge is 0.349 e. The third kappa shape index (κ3) is 4.61. The van der Waals surface area contributed by atoms with Gasteiger partial charge in [0.25, 0.3) is 0 Å². The first-order chi connectivity index (χ1) is 7.36. The van der Waals surface area contributed by atoms with Gasteiger partial charge >= 0.3 is 0 Å². The number of nitrogens with zero attached hydrogens (tertiary/aromatic N) is 2. The van der Waals surface area contributed by atoms with Crippen molar-refractivity contribution in [3.05, 3.63) is 43.5 Å². The summed E-state index contributed by atoms with van der Waals surface area (Å²) < 4.78 is 0. The Morgan fingerprint density at radius 1 is 1.33 bits per heavy atom. The van der Waals surface area contributed by atoms with Gasteiger partial charge in [-0.1, -0.05) is 12.2 Å². The van der Waals surface area contributed by atoms with E-state index in [2.05, 4.69) is 28.0 Å². The molecule has 3 nitrogen and oxygen atoms in total. The predicted molar refractivity (Wildman–Crippen MR) is 63.7 cm³/mol. The van der Waals surface area contributed by atoms with Crippen LogP contribution in [0, 0.1) is 0 Å². The maximum Gasteiger partial charge on any atom is 0.106 e. The van der Waals surface area contributed by atoms with Gasteiger partial charge in [0.1, 0.15) is 5.82 Å². The molecule has 0 amide bonds.